The van der Waals surface area contributed by atoms with Gasteiger partial charge in [0, 0.05) is 10.9 Å². The maximum absolute atomic E-state index is 12.6. The van der Waals surface area contributed by atoms with Crippen molar-refractivity contribution in [3.63, 3.8) is 0 Å². The Morgan fingerprint density at radius 3 is 2.61 bits per heavy atom. The number of carbonyl (C=O) groups is 1. The zero-order valence-corrected chi connectivity index (χ0v) is 13.5. The predicted octanol–water partition coefficient (Wildman–Crippen LogP) is 3.98. The molecule has 0 unspecified atom stereocenters. The molecule has 0 saturated carbocycles. The summed E-state index contributed by atoms with van der Waals surface area (Å²) in [6.45, 7) is 3.93. The summed E-state index contributed by atoms with van der Waals surface area (Å²) in [5.41, 5.74) is 3.53. The largest absolute Gasteiger partial charge is 0.497 e. The number of hydrogen-bond donors (Lipinski definition) is 2. The van der Waals surface area contributed by atoms with Gasteiger partial charge in [-0.25, -0.2) is 0 Å². The van der Waals surface area contributed by atoms with E-state index in [1.807, 2.05) is 62.4 Å². The van der Waals surface area contributed by atoms with Crippen LogP contribution in [0.2, 0.25) is 0 Å². The van der Waals surface area contributed by atoms with Gasteiger partial charge in [0.25, 0.3) is 5.91 Å². The van der Waals surface area contributed by atoms with Crippen LogP contribution in [-0.2, 0) is 0 Å². The summed E-state index contributed by atoms with van der Waals surface area (Å²) in [7, 11) is 1.64. The molecule has 0 fully saturated rings. The van der Waals surface area contributed by atoms with Crippen molar-refractivity contribution in [1.82, 2.24) is 10.3 Å². The minimum Gasteiger partial charge on any atom is -0.497 e. The van der Waals surface area contributed by atoms with E-state index in [0.717, 1.165) is 27.8 Å². The van der Waals surface area contributed by atoms with E-state index in [1.165, 1.54) is 0 Å². The molecule has 4 heteroatoms. The van der Waals surface area contributed by atoms with Gasteiger partial charge in [-0.2, -0.15) is 0 Å². The topological polar surface area (TPSA) is 54.1 Å². The van der Waals surface area contributed by atoms with Crippen LogP contribution in [0.4, 0.5) is 0 Å². The van der Waals surface area contributed by atoms with Crippen LogP contribution in [0.5, 0.6) is 5.75 Å². The van der Waals surface area contributed by atoms with Crippen molar-refractivity contribution < 1.29 is 9.53 Å². The minimum atomic E-state index is -0.103. The van der Waals surface area contributed by atoms with Gasteiger partial charge in [0.2, 0.25) is 0 Å². The van der Waals surface area contributed by atoms with Crippen molar-refractivity contribution in [2.75, 3.05) is 7.11 Å². The first-order valence-corrected chi connectivity index (χ1v) is 7.62. The Labute approximate surface area is 135 Å². The zero-order valence-electron chi connectivity index (χ0n) is 13.5. The normalized spacial score (nSPS) is 12.1. The smallest absolute Gasteiger partial charge is 0.268 e. The lowest BCUT2D eigenvalue weighted by Gasteiger charge is -2.14. The van der Waals surface area contributed by atoms with Crippen LogP contribution < -0.4 is 10.1 Å². The molecule has 0 bridgehead atoms. The third-order valence-corrected chi connectivity index (χ3v) is 4.14. The van der Waals surface area contributed by atoms with E-state index in [1.54, 1.807) is 7.11 Å². The third kappa shape index (κ3) is 2.93. The minimum absolute atomic E-state index is 0.0518. The van der Waals surface area contributed by atoms with Crippen molar-refractivity contribution in [2.45, 2.75) is 19.9 Å². The summed E-state index contributed by atoms with van der Waals surface area (Å²) in [6, 6.07) is 15.6. The van der Waals surface area contributed by atoms with Gasteiger partial charge in [0.1, 0.15) is 11.4 Å². The van der Waals surface area contributed by atoms with Crippen LogP contribution in [-0.4, -0.2) is 18.0 Å². The van der Waals surface area contributed by atoms with Gasteiger partial charge in [0.05, 0.1) is 13.2 Å². The highest BCUT2D eigenvalue weighted by Crippen LogP contribution is 2.26. The molecule has 1 amide bonds. The predicted molar refractivity (Wildman–Crippen MR) is 91.9 cm³/mol. The number of methoxy groups -OCH3 is 1. The molecule has 3 aromatic rings. The van der Waals surface area contributed by atoms with E-state index < -0.39 is 0 Å². The van der Waals surface area contributed by atoms with Crippen LogP contribution in [0.3, 0.4) is 0 Å². The first-order chi connectivity index (χ1) is 11.1. The number of aromatic amines is 1. The average Bonchev–Trinajstić information content (AvgIpc) is 2.92. The van der Waals surface area contributed by atoms with Gasteiger partial charge < -0.3 is 15.0 Å². The maximum Gasteiger partial charge on any atom is 0.268 e. The molecule has 3 rings (SSSR count). The summed E-state index contributed by atoms with van der Waals surface area (Å²) in [6.07, 6.45) is 0. The van der Waals surface area contributed by atoms with Crippen LogP contribution >= 0.6 is 0 Å². The molecule has 0 aliphatic carbocycles. The van der Waals surface area contributed by atoms with Crippen molar-refractivity contribution in [1.29, 1.82) is 0 Å². The van der Waals surface area contributed by atoms with E-state index in [2.05, 4.69) is 10.3 Å². The van der Waals surface area contributed by atoms with E-state index in [0.29, 0.717) is 5.69 Å². The SMILES string of the molecule is COc1ccc2[nH]c(C(=O)N[C@@H](C)c3ccccc3)c(C)c2c1. The summed E-state index contributed by atoms with van der Waals surface area (Å²) >= 11 is 0. The lowest BCUT2D eigenvalue weighted by atomic mass is 10.1. The summed E-state index contributed by atoms with van der Waals surface area (Å²) < 4.78 is 5.25. The molecule has 1 heterocycles. The van der Waals surface area contributed by atoms with E-state index in [4.69, 9.17) is 4.74 Å². The molecule has 23 heavy (non-hydrogen) atoms. The zero-order chi connectivity index (χ0) is 16.4. The Morgan fingerprint density at radius 1 is 1.17 bits per heavy atom. The molecule has 0 aliphatic rings. The van der Waals surface area contributed by atoms with E-state index in [-0.39, 0.29) is 11.9 Å². The molecular weight excluding hydrogens is 288 g/mol. The number of aryl methyl sites for hydroxylation is 1. The van der Waals surface area contributed by atoms with Gasteiger partial charge >= 0.3 is 0 Å². The second kappa shape index (κ2) is 6.16. The fourth-order valence-corrected chi connectivity index (χ4v) is 2.75. The Morgan fingerprint density at radius 2 is 1.91 bits per heavy atom. The van der Waals surface area contributed by atoms with Crippen molar-refractivity contribution in [3.8, 4) is 5.75 Å². The number of H-pyrrole nitrogens is 1. The number of benzene rings is 2. The number of aromatic nitrogens is 1. The van der Waals surface area contributed by atoms with Crippen molar-refractivity contribution in [2.24, 2.45) is 0 Å². The van der Waals surface area contributed by atoms with Gasteiger partial charge in [-0.3, -0.25) is 4.79 Å². The van der Waals surface area contributed by atoms with Gasteiger partial charge in [-0.15, -0.1) is 0 Å². The second-order valence-electron chi connectivity index (χ2n) is 5.64. The maximum atomic E-state index is 12.6. The fourth-order valence-electron chi connectivity index (χ4n) is 2.75. The molecule has 2 N–H and O–H groups in total. The highest BCUT2D eigenvalue weighted by molar-refractivity contribution is 6.01. The van der Waals surface area contributed by atoms with Gasteiger partial charge in [-0.1, -0.05) is 30.3 Å². The highest BCUT2D eigenvalue weighted by Gasteiger charge is 2.17. The first-order valence-electron chi connectivity index (χ1n) is 7.62. The average molecular weight is 308 g/mol. The first kappa shape index (κ1) is 15.2. The molecule has 4 nitrogen and oxygen atoms in total. The van der Waals surface area contributed by atoms with E-state index >= 15 is 0 Å². The fraction of sp³-hybridized carbons (Fsp3) is 0.211. The van der Waals surface area contributed by atoms with Crippen molar-refractivity contribution in [3.05, 3.63) is 65.4 Å². The van der Waals surface area contributed by atoms with Crippen LogP contribution in [0.25, 0.3) is 10.9 Å². The summed E-state index contributed by atoms with van der Waals surface area (Å²) in [5, 5.41) is 4.04. The molecule has 1 atom stereocenters. The standard InChI is InChI=1S/C19H20N2O2/c1-12-16-11-15(23-3)9-10-17(16)21-18(12)19(22)20-13(2)14-7-5-4-6-8-14/h4-11,13,21H,1-3H3,(H,20,22)/t13-/m0/s1. The number of nitrogens with one attached hydrogen (secondary N) is 2. The highest BCUT2D eigenvalue weighted by atomic mass is 16.5. The van der Waals surface area contributed by atoms with Crippen LogP contribution in [0, 0.1) is 6.92 Å². The monoisotopic (exact) mass is 308 g/mol. The number of ether oxygens (including phenoxy) is 1. The Balaban J connectivity index is 1.88. The molecule has 0 radical (unpaired) electrons. The molecule has 1 aromatic heterocycles. The molecule has 2 aromatic carbocycles. The third-order valence-electron chi connectivity index (χ3n) is 4.14. The molecule has 118 valence electrons. The number of amides is 1. The lowest BCUT2D eigenvalue weighted by molar-refractivity contribution is 0.0935. The molecule has 0 spiro atoms. The Bertz CT molecular complexity index is 837. The Hall–Kier alpha value is -2.75. The number of hydrogen-bond acceptors (Lipinski definition) is 2. The summed E-state index contributed by atoms with van der Waals surface area (Å²) in [5.74, 6) is 0.679. The van der Waals surface area contributed by atoms with E-state index in [9.17, 15) is 4.79 Å². The summed E-state index contributed by atoms with van der Waals surface area (Å²) in [4.78, 5) is 15.8. The molecular formula is C19H20N2O2. The van der Waals surface area contributed by atoms with Crippen LogP contribution in [0.1, 0.15) is 34.6 Å². The lowest BCUT2D eigenvalue weighted by Crippen LogP contribution is -2.27. The molecule has 0 aliphatic heterocycles. The van der Waals surface area contributed by atoms with Gasteiger partial charge in [0.15, 0.2) is 0 Å². The number of carbonyl (C=O) groups excluding carboxylic acids is 1. The Kier molecular flexibility index (Phi) is 4.06. The number of fused-ring (bicyclic) bond motifs is 1. The van der Waals surface area contributed by atoms with Crippen LogP contribution in [0.15, 0.2) is 48.5 Å². The quantitative estimate of drug-likeness (QED) is 0.766. The number of rotatable bonds is 4. The second-order valence-corrected chi connectivity index (χ2v) is 5.64. The van der Waals surface area contributed by atoms with Gasteiger partial charge in [-0.05, 0) is 43.2 Å². The van der Waals surface area contributed by atoms with Crippen molar-refractivity contribution >= 4 is 16.8 Å². The molecule has 0 saturated heterocycles.